The first-order valence-corrected chi connectivity index (χ1v) is 10.7. The van der Waals surface area contributed by atoms with Gasteiger partial charge in [0.2, 0.25) is 5.75 Å². The van der Waals surface area contributed by atoms with Crippen molar-refractivity contribution in [2.75, 3.05) is 27.9 Å². The van der Waals surface area contributed by atoms with E-state index in [1.807, 2.05) is 24.3 Å². The van der Waals surface area contributed by atoms with Crippen LogP contribution in [0.2, 0.25) is 0 Å². The molecule has 2 heterocycles. The van der Waals surface area contributed by atoms with Gasteiger partial charge < -0.3 is 19.3 Å². The Kier molecular flexibility index (Phi) is 5.83. The molecular formula is C23H25NO5S. The van der Waals surface area contributed by atoms with E-state index in [0.717, 1.165) is 22.9 Å². The van der Waals surface area contributed by atoms with Gasteiger partial charge in [0.1, 0.15) is 6.04 Å². The molecule has 2 aromatic carbocycles. The Labute approximate surface area is 179 Å². The molecule has 4 rings (SSSR count). The number of ether oxygens (including phenoxy) is 3. The van der Waals surface area contributed by atoms with Crippen molar-refractivity contribution in [1.82, 2.24) is 4.90 Å². The average Bonchev–Trinajstić information content (AvgIpc) is 3.41. The number of carbonyl (C=O) groups is 1. The highest BCUT2D eigenvalue weighted by atomic mass is 32.1. The van der Waals surface area contributed by atoms with Crippen molar-refractivity contribution in [3.05, 3.63) is 52.9 Å². The lowest BCUT2D eigenvalue weighted by atomic mass is 9.94. The lowest BCUT2D eigenvalue weighted by Crippen LogP contribution is -2.39. The molecule has 2 unspecified atom stereocenters. The van der Waals surface area contributed by atoms with E-state index in [4.69, 9.17) is 14.2 Å². The molecule has 0 saturated carbocycles. The van der Waals surface area contributed by atoms with E-state index < -0.39 is 12.0 Å². The fourth-order valence-electron chi connectivity index (χ4n) is 4.44. The van der Waals surface area contributed by atoms with Gasteiger partial charge in [0.05, 0.1) is 27.4 Å². The van der Waals surface area contributed by atoms with Crippen molar-refractivity contribution >= 4 is 27.4 Å². The zero-order valence-electron chi connectivity index (χ0n) is 17.3. The number of carboxylic acids is 1. The third-order valence-corrected chi connectivity index (χ3v) is 6.73. The second-order valence-electron chi connectivity index (χ2n) is 7.25. The molecule has 2 atom stereocenters. The first-order chi connectivity index (χ1) is 14.6. The predicted octanol–water partition coefficient (Wildman–Crippen LogP) is 4.57. The molecule has 1 saturated heterocycles. The van der Waals surface area contributed by atoms with Gasteiger partial charge >= 0.3 is 5.97 Å². The van der Waals surface area contributed by atoms with Crippen LogP contribution in [0.1, 0.15) is 30.0 Å². The smallest absolute Gasteiger partial charge is 0.320 e. The summed E-state index contributed by atoms with van der Waals surface area (Å²) >= 11 is 1.67. The molecule has 158 valence electrons. The Bertz CT molecular complexity index is 1060. The summed E-state index contributed by atoms with van der Waals surface area (Å²) in [4.78, 5) is 14.1. The Morgan fingerprint density at radius 1 is 1.07 bits per heavy atom. The van der Waals surface area contributed by atoms with Gasteiger partial charge in [0.15, 0.2) is 11.5 Å². The molecule has 1 aliphatic heterocycles. The number of aliphatic carboxylic acids is 1. The van der Waals surface area contributed by atoms with Crippen LogP contribution < -0.4 is 14.2 Å². The summed E-state index contributed by atoms with van der Waals surface area (Å²) in [7, 11) is 4.76. The van der Waals surface area contributed by atoms with Gasteiger partial charge in [0, 0.05) is 16.8 Å². The van der Waals surface area contributed by atoms with Crippen molar-refractivity contribution in [2.45, 2.75) is 24.9 Å². The topological polar surface area (TPSA) is 68.2 Å². The molecule has 7 heteroatoms. The van der Waals surface area contributed by atoms with E-state index in [2.05, 4.69) is 22.4 Å². The highest BCUT2D eigenvalue weighted by Gasteiger charge is 2.39. The van der Waals surface area contributed by atoms with Crippen LogP contribution in [0, 0.1) is 0 Å². The van der Waals surface area contributed by atoms with E-state index >= 15 is 0 Å². The van der Waals surface area contributed by atoms with Gasteiger partial charge in [-0.1, -0.05) is 18.2 Å². The van der Waals surface area contributed by atoms with E-state index in [1.165, 1.54) is 4.70 Å². The summed E-state index contributed by atoms with van der Waals surface area (Å²) in [6.45, 7) is 0.698. The summed E-state index contributed by atoms with van der Waals surface area (Å²) in [5.74, 6) is 0.848. The quantitative estimate of drug-likeness (QED) is 0.596. The number of hydrogen-bond acceptors (Lipinski definition) is 6. The van der Waals surface area contributed by atoms with Crippen LogP contribution in [0.15, 0.2) is 41.8 Å². The molecule has 1 aliphatic rings. The third-order valence-electron chi connectivity index (χ3n) is 5.75. The summed E-state index contributed by atoms with van der Waals surface area (Å²) in [6.07, 6.45) is 1.47. The van der Waals surface area contributed by atoms with E-state index in [-0.39, 0.29) is 6.04 Å². The van der Waals surface area contributed by atoms with Gasteiger partial charge in [-0.25, -0.2) is 0 Å². The SMILES string of the molecule is COc1ccc(C(c2csc3ccccc23)N2CCCC2C(=O)O)c(OC)c1OC. The summed E-state index contributed by atoms with van der Waals surface area (Å²) in [5.41, 5.74) is 1.95. The summed E-state index contributed by atoms with van der Waals surface area (Å²) in [5, 5.41) is 13.1. The molecule has 6 nitrogen and oxygen atoms in total. The minimum absolute atomic E-state index is 0.278. The van der Waals surface area contributed by atoms with Crippen LogP contribution in [0.25, 0.3) is 10.1 Å². The van der Waals surface area contributed by atoms with Gasteiger partial charge in [-0.3, -0.25) is 9.69 Å². The lowest BCUT2D eigenvalue weighted by molar-refractivity contribution is -0.142. The molecule has 30 heavy (non-hydrogen) atoms. The Balaban J connectivity index is 1.96. The fourth-order valence-corrected chi connectivity index (χ4v) is 5.42. The standard InChI is InChI=1S/C23H25NO5S/c1-27-18-11-10-15(21(28-2)22(18)29-3)20(24-12-6-8-17(24)23(25)26)16-13-30-19-9-5-4-7-14(16)19/h4-5,7,9-11,13,17,20H,6,8,12H2,1-3H3,(H,25,26). The number of benzene rings is 2. The number of carboxylic acid groups (broad SMARTS) is 1. The van der Waals surface area contributed by atoms with Crippen molar-refractivity contribution < 1.29 is 24.1 Å². The molecule has 1 aromatic heterocycles. The molecule has 1 fully saturated rings. The second kappa shape index (κ2) is 8.53. The number of nitrogens with zero attached hydrogens (tertiary/aromatic N) is 1. The molecule has 1 N–H and O–H groups in total. The van der Waals surface area contributed by atoms with Gasteiger partial charge in [-0.15, -0.1) is 11.3 Å². The zero-order valence-corrected chi connectivity index (χ0v) is 18.1. The molecule has 0 spiro atoms. The summed E-state index contributed by atoms with van der Waals surface area (Å²) in [6, 6.07) is 11.2. The monoisotopic (exact) mass is 427 g/mol. The maximum atomic E-state index is 12.0. The molecule has 3 aromatic rings. The van der Waals surface area contributed by atoms with Crippen LogP contribution in [0.4, 0.5) is 0 Å². The number of rotatable bonds is 7. The zero-order chi connectivity index (χ0) is 21.3. The number of fused-ring (bicyclic) bond motifs is 1. The number of likely N-dealkylation sites (tertiary alicyclic amines) is 1. The maximum Gasteiger partial charge on any atom is 0.320 e. The van der Waals surface area contributed by atoms with Crippen LogP contribution >= 0.6 is 11.3 Å². The first-order valence-electron chi connectivity index (χ1n) is 9.84. The normalized spacial score (nSPS) is 17.8. The Hall–Kier alpha value is -2.77. The van der Waals surface area contributed by atoms with E-state index in [9.17, 15) is 9.90 Å². The van der Waals surface area contributed by atoms with E-state index in [1.54, 1.807) is 32.7 Å². The molecule has 0 aliphatic carbocycles. The van der Waals surface area contributed by atoms with E-state index in [0.29, 0.717) is 30.2 Å². The highest BCUT2D eigenvalue weighted by Crippen LogP contribution is 2.48. The number of methoxy groups -OCH3 is 3. The van der Waals surface area contributed by atoms with Gasteiger partial charge in [-0.2, -0.15) is 0 Å². The van der Waals surface area contributed by atoms with Crippen LogP contribution in [0.5, 0.6) is 17.2 Å². The van der Waals surface area contributed by atoms with Crippen LogP contribution in [0.3, 0.4) is 0 Å². The number of hydrogen-bond donors (Lipinski definition) is 1. The Morgan fingerprint density at radius 3 is 2.53 bits per heavy atom. The fraction of sp³-hybridized carbons (Fsp3) is 0.348. The summed E-state index contributed by atoms with van der Waals surface area (Å²) < 4.78 is 18.0. The van der Waals surface area contributed by atoms with Gasteiger partial charge in [-0.05, 0) is 47.4 Å². The molecular weight excluding hydrogens is 402 g/mol. The van der Waals surface area contributed by atoms with Crippen LogP contribution in [-0.2, 0) is 4.79 Å². The second-order valence-corrected chi connectivity index (χ2v) is 8.16. The largest absolute Gasteiger partial charge is 0.493 e. The van der Waals surface area contributed by atoms with Crippen molar-refractivity contribution in [3.8, 4) is 17.2 Å². The van der Waals surface area contributed by atoms with Crippen molar-refractivity contribution in [2.24, 2.45) is 0 Å². The third kappa shape index (κ3) is 3.38. The predicted molar refractivity (Wildman–Crippen MR) is 117 cm³/mol. The van der Waals surface area contributed by atoms with Crippen molar-refractivity contribution in [3.63, 3.8) is 0 Å². The van der Waals surface area contributed by atoms with Crippen molar-refractivity contribution in [1.29, 1.82) is 0 Å². The molecule has 0 radical (unpaired) electrons. The highest BCUT2D eigenvalue weighted by molar-refractivity contribution is 7.17. The first kappa shape index (κ1) is 20.5. The maximum absolute atomic E-state index is 12.0. The lowest BCUT2D eigenvalue weighted by Gasteiger charge is -2.33. The van der Waals surface area contributed by atoms with Crippen LogP contribution in [-0.4, -0.2) is 49.9 Å². The molecule has 0 amide bonds. The molecule has 0 bridgehead atoms. The average molecular weight is 428 g/mol. The minimum atomic E-state index is -0.795. The Morgan fingerprint density at radius 2 is 1.83 bits per heavy atom. The minimum Gasteiger partial charge on any atom is -0.493 e. The van der Waals surface area contributed by atoms with Gasteiger partial charge in [0.25, 0.3) is 0 Å². The number of thiophene rings is 1.